The van der Waals surface area contributed by atoms with Crippen molar-refractivity contribution < 1.29 is 9.18 Å². The highest BCUT2D eigenvalue weighted by Crippen LogP contribution is 2.13. The van der Waals surface area contributed by atoms with Crippen molar-refractivity contribution in [3.63, 3.8) is 0 Å². The number of amides is 1. The van der Waals surface area contributed by atoms with Crippen LogP contribution in [0.4, 0.5) is 4.39 Å². The van der Waals surface area contributed by atoms with Gasteiger partial charge in [0.1, 0.15) is 5.82 Å². The average molecular weight is 271 g/mol. The number of rotatable bonds is 6. The third-order valence-electron chi connectivity index (χ3n) is 2.56. The Morgan fingerprint density at radius 2 is 2.28 bits per heavy atom. The topological polar surface area (TPSA) is 58.4 Å². The molecule has 0 saturated heterocycles. The van der Waals surface area contributed by atoms with E-state index in [1.807, 2.05) is 23.6 Å². The Labute approximate surface area is 111 Å². The first-order valence-corrected chi connectivity index (χ1v) is 6.94. The van der Waals surface area contributed by atoms with E-state index in [0.717, 1.165) is 12.3 Å². The Morgan fingerprint density at radius 1 is 1.56 bits per heavy atom. The second-order valence-electron chi connectivity index (χ2n) is 4.01. The molecule has 0 heterocycles. The minimum atomic E-state index is -0.414. The minimum Gasteiger partial charge on any atom is -0.301 e. The van der Waals surface area contributed by atoms with E-state index in [-0.39, 0.29) is 5.82 Å². The van der Waals surface area contributed by atoms with Gasteiger partial charge >= 0.3 is 0 Å². The highest BCUT2D eigenvalue weighted by Gasteiger charge is 2.10. The van der Waals surface area contributed by atoms with Crippen LogP contribution in [0.2, 0.25) is 0 Å². The molecule has 1 aromatic carbocycles. The molecule has 0 radical (unpaired) electrons. The van der Waals surface area contributed by atoms with Crippen LogP contribution in [0.5, 0.6) is 0 Å². The summed E-state index contributed by atoms with van der Waals surface area (Å²) < 4.78 is 13.6. The van der Waals surface area contributed by atoms with E-state index < -0.39 is 5.91 Å². The third-order valence-corrected chi connectivity index (χ3v) is 3.15. The van der Waals surface area contributed by atoms with Gasteiger partial charge in [0.15, 0.2) is 0 Å². The van der Waals surface area contributed by atoms with Gasteiger partial charge in [-0.15, -0.1) is 0 Å². The number of benzene rings is 1. The Morgan fingerprint density at radius 3 is 2.89 bits per heavy atom. The second kappa shape index (κ2) is 7.35. The van der Waals surface area contributed by atoms with Gasteiger partial charge in [-0.25, -0.2) is 10.2 Å². The van der Waals surface area contributed by atoms with Crippen LogP contribution in [0.25, 0.3) is 0 Å². The Bertz CT molecular complexity index is 414. The minimum absolute atomic E-state index is 0.306. The van der Waals surface area contributed by atoms with Gasteiger partial charge in [0.25, 0.3) is 5.91 Å². The first kappa shape index (κ1) is 14.9. The summed E-state index contributed by atoms with van der Waals surface area (Å²) in [5.41, 5.74) is 2.90. The molecular formula is C12H18FN3OS. The molecule has 0 aliphatic heterocycles. The van der Waals surface area contributed by atoms with Gasteiger partial charge in [-0.1, -0.05) is 0 Å². The maximum absolute atomic E-state index is 13.6. The zero-order valence-corrected chi connectivity index (χ0v) is 11.4. The quantitative estimate of drug-likeness (QED) is 0.464. The number of nitrogen functional groups attached to an aromatic ring is 1. The predicted molar refractivity (Wildman–Crippen MR) is 72.8 cm³/mol. The van der Waals surface area contributed by atoms with Gasteiger partial charge in [-0.05, 0) is 31.5 Å². The maximum Gasteiger partial charge on any atom is 0.265 e. The van der Waals surface area contributed by atoms with Gasteiger partial charge in [0.05, 0.1) is 0 Å². The first-order valence-electron chi connectivity index (χ1n) is 5.55. The van der Waals surface area contributed by atoms with E-state index in [4.69, 9.17) is 5.84 Å². The smallest absolute Gasteiger partial charge is 0.265 e. The molecule has 0 bridgehead atoms. The lowest BCUT2D eigenvalue weighted by Gasteiger charge is -2.16. The summed E-state index contributed by atoms with van der Waals surface area (Å²) >= 11 is 1.74. The number of thioether (sulfide) groups is 1. The third kappa shape index (κ3) is 4.29. The van der Waals surface area contributed by atoms with Gasteiger partial charge in [-0.2, -0.15) is 11.8 Å². The molecule has 0 aromatic heterocycles. The number of nitrogens with zero attached hydrogens (tertiary/aromatic N) is 1. The molecule has 1 rings (SSSR count). The fraction of sp³-hybridized carbons (Fsp3) is 0.417. The monoisotopic (exact) mass is 271 g/mol. The molecule has 6 heteroatoms. The number of hydrogen-bond donors (Lipinski definition) is 2. The SMILES string of the molecule is CSCCN(C)Cc1cc(C(=O)NN)ccc1F. The van der Waals surface area contributed by atoms with Crippen molar-refractivity contribution >= 4 is 17.7 Å². The van der Waals surface area contributed by atoms with Crippen LogP contribution in [0.1, 0.15) is 15.9 Å². The molecule has 0 saturated carbocycles. The lowest BCUT2D eigenvalue weighted by Crippen LogP contribution is -2.30. The molecule has 18 heavy (non-hydrogen) atoms. The van der Waals surface area contributed by atoms with Crippen molar-refractivity contribution in [2.75, 3.05) is 25.6 Å². The van der Waals surface area contributed by atoms with E-state index >= 15 is 0 Å². The summed E-state index contributed by atoms with van der Waals surface area (Å²) in [5, 5.41) is 0. The van der Waals surface area contributed by atoms with Crippen LogP contribution in [0, 0.1) is 5.82 Å². The second-order valence-corrected chi connectivity index (χ2v) is 5.00. The number of hydrogen-bond acceptors (Lipinski definition) is 4. The van der Waals surface area contributed by atoms with Crippen LogP contribution in [-0.4, -0.2) is 36.4 Å². The van der Waals surface area contributed by atoms with E-state index in [0.29, 0.717) is 17.7 Å². The summed E-state index contributed by atoms with van der Waals surface area (Å²) in [4.78, 5) is 13.4. The van der Waals surface area contributed by atoms with Crippen LogP contribution < -0.4 is 11.3 Å². The number of carbonyl (C=O) groups excluding carboxylic acids is 1. The van der Waals surface area contributed by atoms with Crippen LogP contribution in [-0.2, 0) is 6.54 Å². The molecule has 0 aliphatic rings. The van der Waals surface area contributed by atoms with Crippen molar-refractivity contribution in [3.05, 3.63) is 35.1 Å². The summed E-state index contributed by atoms with van der Waals surface area (Å²) in [5.74, 6) is 5.32. The van der Waals surface area contributed by atoms with E-state index in [2.05, 4.69) is 0 Å². The van der Waals surface area contributed by atoms with Crippen molar-refractivity contribution in [1.29, 1.82) is 0 Å². The molecule has 1 amide bonds. The fourth-order valence-electron chi connectivity index (χ4n) is 1.54. The summed E-state index contributed by atoms with van der Waals surface area (Å²) in [7, 11) is 1.92. The zero-order chi connectivity index (χ0) is 13.5. The van der Waals surface area contributed by atoms with Gasteiger partial charge in [0.2, 0.25) is 0 Å². The highest BCUT2D eigenvalue weighted by molar-refractivity contribution is 7.98. The number of hydrazine groups is 1. The average Bonchev–Trinajstić information content (AvgIpc) is 2.38. The summed E-state index contributed by atoms with van der Waals surface area (Å²) in [6, 6.07) is 4.25. The predicted octanol–water partition coefficient (Wildman–Crippen LogP) is 1.22. The normalized spacial score (nSPS) is 10.7. The van der Waals surface area contributed by atoms with E-state index in [1.54, 1.807) is 11.8 Å². The molecule has 0 unspecified atom stereocenters. The van der Waals surface area contributed by atoms with Crippen molar-refractivity contribution in [3.8, 4) is 0 Å². The van der Waals surface area contributed by atoms with Gasteiger partial charge < -0.3 is 4.90 Å². The van der Waals surface area contributed by atoms with Crippen molar-refractivity contribution in [2.45, 2.75) is 6.54 Å². The summed E-state index contributed by atoms with van der Waals surface area (Å²) in [6.07, 6.45) is 2.03. The molecule has 0 fully saturated rings. The largest absolute Gasteiger partial charge is 0.301 e. The first-order chi connectivity index (χ1) is 8.58. The molecular weight excluding hydrogens is 253 g/mol. The van der Waals surface area contributed by atoms with E-state index in [9.17, 15) is 9.18 Å². The maximum atomic E-state index is 13.6. The lowest BCUT2D eigenvalue weighted by molar-refractivity contribution is 0.0953. The molecule has 0 aliphatic carbocycles. The van der Waals surface area contributed by atoms with E-state index in [1.165, 1.54) is 18.2 Å². The van der Waals surface area contributed by atoms with Gasteiger partial charge in [0, 0.05) is 30.0 Å². The lowest BCUT2D eigenvalue weighted by atomic mass is 10.1. The molecule has 0 atom stereocenters. The van der Waals surface area contributed by atoms with Crippen LogP contribution in [0.15, 0.2) is 18.2 Å². The molecule has 4 nitrogen and oxygen atoms in total. The Balaban J connectivity index is 2.77. The van der Waals surface area contributed by atoms with Crippen molar-refractivity contribution in [2.24, 2.45) is 5.84 Å². The Hall–Kier alpha value is -1.11. The molecule has 3 N–H and O–H groups in total. The van der Waals surface area contributed by atoms with Crippen LogP contribution in [0.3, 0.4) is 0 Å². The fourth-order valence-corrected chi connectivity index (χ4v) is 2.03. The van der Waals surface area contributed by atoms with Crippen molar-refractivity contribution in [1.82, 2.24) is 10.3 Å². The van der Waals surface area contributed by atoms with Gasteiger partial charge in [-0.3, -0.25) is 10.2 Å². The molecule has 100 valence electrons. The Kier molecular flexibility index (Phi) is 6.11. The number of nitrogens with one attached hydrogen (secondary N) is 1. The van der Waals surface area contributed by atoms with Crippen LogP contribution >= 0.6 is 11.8 Å². The molecule has 1 aromatic rings. The zero-order valence-electron chi connectivity index (χ0n) is 10.6. The number of carbonyl (C=O) groups is 1. The molecule has 0 spiro atoms. The standard InChI is InChI=1S/C12H18FN3OS/c1-16(5-6-18-2)8-10-7-9(12(17)15-14)3-4-11(10)13/h3-4,7H,5-6,8,14H2,1-2H3,(H,15,17). The number of nitrogens with two attached hydrogens (primary N) is 1. The number of halogens is 1. The summed E-state index contributed by atoms with van der Waals surface area (Å²) in [6.45, 7) is 1.34. The highest BCUT2D eigenvalue weighted by atomic mass is 32.2.